The fraction of sp³-hybridized carbons (Fsp3) is 0.344. The lowest BCUT2D eigenvalue weighted by atomic mass is 10.0. The third-order valence-electron chi connectivity index (χ3n) is 8.22. The number of piperazine rings is 1. The third kappa shape index (κ3) is 5.03. The second-order valence-electron chi connectivity index (χ2n) is 11.3. The van der Waals surface area contributed by atoms with Gasteiger partial charge in [-0.1, -0.05) is 26.5 Å². The number of aromatic nitrogens is 4. The maximum atomic E-state index is 16.2. The highest BCUT2D eigenvalue weighted by molar-refractivity contribution is 5.92. The minimum Gasteiger partial charge on any atom is -0.384 e. The highest BCUT2D eigenvalue weighted by Crippen LogP contribution is 2.37. The first-order chi connectivity index (χ1) is 21.2. The van der Waals surface area contributed by atoms with Crippen LogP contribution in [0.15, 0.2) is 54.0 Å². The molecule has 0 radical (unpaired) electrons. The SMILES string of the molecule is C=CC(=O)N1CCN(c2nc(=O)n3c4nc(c(F)cc24)-c2c(F)cccc2NCCCN(C)c2ccnc(C(C)C)c2-3)CC1. The van der Waals surface area contributed by atoms with Crippen LogP contribution in [0.25, 0.3) is 28.0 Å². The summed E-state index contributed by atoms with van der Waals surface area (Å²) in [5.74, 6) is -1.39. The first kappa shape index (κ1) is 29.2. The Balaban J connectivity index is 1.68. The number of pyridine rings is 2. The van der Waals surface area contributed by atoms with Gasteiger partial charge >= 0.3 is 5.69 Å². The summed E-state index contributed by atoms with van der Waals surface area (Å²) >= 11 is 0. The minimum atomic E-state index is -0.748. The van der Waals surface area contributed by atoms with E-state index in [0.29, 0.717) is 68.1 Å². The zero-order valence-electron chi connectivity index (χ0n) is 25.0. The van der Waals surface area contributed by atoms with Gasteiger partial charge in [-0.2, -0.15) is 4.98 Å². The van der Waals surface area contributed by atoms with Crippen LogP contribution >= 0.6 is 0 Å². The van der Waals surface area contributed by atoms with E-state index in [1.165, 1.54) is 22.8 Å². The molecule has 3 aromatic heterocycles. The molecule has 0 saturated carbocycles. The van der Waals surface area contributed by atoms with E-state index in [-0.39, 0.29) is 34.5 Å². The van der Waals surface area contributed by atoms with E-state index < -0.39 is 17.3 Å². The quantitative estimate of drug-likeness (QED) is 0.347. The van der Waals surface area contributed by atoms with Gasteiger partial charge in [0.25, 0.3) is 0 Å². The number of amides is 1. The second-order valence-corrected chi connectivity index (χ2v) is 11.3. The predicted molar refractivity (Wildman–Crippen MR) is 168 cm³/mol. The van der Waals surface area contributed by atoms with Crippen molar-refractivity contribution in [3.05, 3.63) is 77.0 Å². The first-order valence-electron chi connectivity index (χ1n) is 14.7. The predicted octanol–water partition coefficient (Wildman–Crippen LogP) is 4.33. The number of anilines is 3. The molecule has 1 fully saturated rings. The Morgan fingerprint density at radius 1 is 1.07 bits per heavy atom. The Labute approximate surface area is 253 Å². The topological polar surface area (TPSA) is 99.5 Å². The van der Waals surface area contributed by atoms with Crippen LogP contribution in [0.1, 0.15) is 31.9 Å². The van der Waals surface area contributed by atoms with Crippen LogP contribution in [0, 0.1) is 11.6 Å². The molecule has 4 aromatic rings. The van der Waals surface area contributed by atoms with E-state index in [9.17, 15) is 9.59 Å². The van der Waals surface area contributed by atoms with Gasteiger partial charge in [-0.05, 0) is 42.7 Å². The van der Waals surface area contributed by atoms with Crippen LogP contribution < -0.4 is 20.8 Å². The summed E-state index contributed by atoms with van der Waals surface area (Å²) in [5, 5.41) is 3.55. The molecular formula is C32H34F2N8O2. The van der Waals surface area contributed by atoms with Crippen molar-refractivity contribution in [2.75, 3.05) is 61.4 Å². The summed E-state index contributed by atoms with van der Waals surface area (Å²) in [6.45, 7) is 10.1. The van der Waals surface area contributed by atoms with Crippen molar-refractivity contribution in [2.45, 2.75) is 26.2 Å². The highest BCUT2D eigenvalue weighted by atomic mass is 19.1. The van der Waals surface area contributed by atoms with E-state index in [1.54, 1.807) is 23.2 Å². The molecule has 2 aliphatic heterocycles. The lowest BCUT2D eigenvalue weighted by Gasteiger charge is -2.35. The maximum absolute atomic E-state index is 16.2. The number of benzene rings is 1. The Morgan fingerprint density at radius 2 is 1.84 bits per heavy atom. The Kier molecular flexibility index (Phi) is 7.74. The van der Waals surface area contributed by atoms with Gasteiger partial charge < -0.3 is 20.0 Å². The molecule has 44 heavy (non-hydrogen) atoms. The molecule has 5 heterocycles. The fourth-order valence-electron chi connectivity index (χ4n) is 5.98. The van der Waals surface area contributed by atoms with Crippen molar-refractivity contribution >= 4 is 34.1 Å². The molecule has 0 spiro atoms. The normalized spacial score (nSPS) is 15.3. The second kappa shape index (κ2) is 11.7. The molecular weight excluding hydrogens is 566 g/mol. The molecule has 12 heteroatoms. The molecule has 1 saturated heterocycles. The van der Waals surface area contributed by atoms with Gasteiger partial charge in [0, 0.05) is 58.2 Å². The van der Waals surface area contributed by atoms with Crippen molar-refractivity contribution in [1.82, 2.24) is 24.4 Å². The Bertz CT molecular complexity index is 1830. The molecule has 228 valence electrons. The van der Waals surface area contributed by atoms with Gasteiger partial charge in [0.05, 0.1) is 28.0 Å². The molecule has 0 unspecified atom stereocenters. The molecule has 0 atom stereocenters. The standard InChI is InChI=1S/C32H34F2N8O2/c1-5-25(43)40-14-16-41(17-15-40)30-20-18-22(34)28-26-21(33)8-6-9-23(26)35-11-7-13-39(4)24-10-12-36-27(19(2)3)29(24)42(31(20)37-28)32(44)38-30/h5-6,8-10,12,18-19,35H,1,7,11,13-17H2,2-4H3. The van der Waals surface area contributed by atoms with Crippen molar-refractivity contribution in [3.63, 3.8) is 0 Å². The van der Waals surface area contributed by atoms with Crippen molar-refractivity contribution < 1.29 is 13.6 Å². The summed E-state index contributed by atoms with van der Waals surface area (Å²) in [7, 11) is 1.94. The molecule has 1 amide bonds. The number of carbonyl (C=O) groups is 1. The summed E-state index contributed by atoms with van der Waals surface area (Å²) in [6, 6.07) is 7.65. The number of hydrogen-bond donors (Lipinski definition) is 1. The van der Waals surface area contributed by atoms with E-state index in [1.807, 2.05) is 36.8 Å². The highest BCUT2D eigenvalue weighted by Gasteiger charge is 2.29. The fourth-order valence-corrected chi connectivity index (χ4v) is 5.98. The molecule has 2 bridgehead atoms. The van der Waals surface area contributed by atoms with Crippen LogP contribution in [0.2, 0.25) is 0 Å². The van der Waals surface area contributed by atoms with Gasteiger partial charge in [0.1, 0.15) is 17.3 Å². The van der Waals surface area contributed by atoms with E-state index in [0.717, 1.165) is 5.69 Å². The van der Waals surface area contributed by atoms with Crippen LogP contribution in [0.4, 0.5) is 26.0 Å². The Hall–Kier alpha value is -4.87. The smallest absolute Gasteiger partial charge is 0.355 e. The van der Waals surface area contributed by atoms with Crippen molar-refractivity contribution in [1.29, 1.82) is 0 Å². The Morgan fingerprint density at radius 3 is 2.57 bits per heavy atom. The van der Waals surface area contributed by atoms with E-state index in [2.05, 4.69) is 21.9 Å². The van der Waals surface area contributed by atoms with Crippen molar-refractivity contribution in [2.24, 2.45) is 0 Å². The zero-order valence-corrected chi connectivity index (χ0v) is 25.0. The number of fused-ring (bicyclic) bond motifs is 5. The van der Waals surface area contributed by atoms with Crippen LogP contribution in [0.3, 0.4) is 0 Å². The molecule has 1 N–H and O–H groups in total. The summed E-state index contributed by atoms with van der Waals surface area (Å²) in [5.41, 5.74) is 1.60. The average Bonchev–Trinajstić information content (AvgIpc) is 3.02. The molecule has 0 aliphatic carbocycles. The lowest BCUT2D eigenvalue weighted by molar-refractivity contribution is -0.126. The maximum Gasteiger partial charge on any atom is 0.355 e. The number of rotatable bonds is 3. The van der Waals surface area contributed by atoms with Crippen LogP contribution in [0.5, 0.6) is 0 Å². The van der Waals surface area contributed by atoms with Gasteiger partial charge in [0.15, 0.2) is 11.5 Å². The summed E-state index contributed by atoms with van der Waals surface area (Å²) < 4.78 is 33.0. The number of nitrogens with one attached hydrogen (secondary N) is 1. The average molecular weight is 601 g/mol. The first-order valence-corrected chi connectivity index (χ1v) is 14.7. The zero-order chi connectivity index (χ0) is 31.1. The van der Waals surface area contributed by atoms with Gasteiger partial charge in [-0.15, -0.1) is 0 Å². The number of halogens is 2. The van der Waals surface area contributed by atoms with E-state index in [4.69, 9.17) is 4.98 Å². The van der Waals surface area contributed by atoms with Crippen LogP contribution in [-0.2, 0) is 4.79 Å². The van der Waals surface area contributed by atoms with Gasteiger partial charge in [-0.3, -0.25) is 9.78 Å². The molecule has 6 rings (SSSR count). The summed E-state index contributed by atoms with van der Waals surface area (Å²) in [4.78, 5) is 45.8. The lowest BCUT2D eigenvalue weighted by Crippen LogP contribution is -2.49. The molecule has 1 aromatic carbocycles. The molecule has 2 aliphatic rings. The molecule has 10 nitrogen and oxygen atoms in total. The third-order valence-corrected chi connectivity index (χ3v) is 8.22. The summed E-state index contributed by atoms with van der Waals surface area (Å²) in [6.07, 6.45) is 3.66. The largest absolute Gasteiger partial charge is 0.384 e. The number of nitrogens with zero attached hydrogens (tertiary/aromatic N) is 7. The van der Waals surface area contributed by atoms with Gasteiger partial charge in [0.2, 0.25) is 5.91 Å². The van der Waals surface area contributed by atoms with Gasteiger partial charge in [-0.25, -0.2) is 23.1 Å². The monoisotopic (exact) mass is 600 g/mol. The van der Waals surface area contributed by atoms with Crippen LogP contribution in [-0.4, -0.2) is 76.6 Å². The number of carbonyl (C=O) groups excluding carboxylic acids is 1. The van der Waals surface area contributed by atoms with E-state index >= 15 is 8.78 Å². The minimum absolute atomic E-state index is 0.0103. The van der Waals surface area contributed by atoms with Crippen molar-refractivity contribution in [3.8, 4) is 16.9 Å². The number of hydrogen-bond acceptors (Lipinski definition) is 8.